The highest BCUT2D eigenvalue weighted by molar-refractivity contribution is 5.60. The molecule has 0 amide bonds. The lowest BCUT2D eigenvalue weighted by atomic mass is 10.1. The van der Waals surface area contributed by atoms with Crippen LogP contribution in [0.1, 0.15) is 23.0 Å². The quantitative estimate of drug-likeness (QED) is 0.632. The largest absolute Gasteiger partial charge is 0.454 e. The topological polar surface area (TPSA) is 61.6 Å². The number of hydrogen-bond acceptors (Lipinski definition) is 4. The fraction of sp³-hybridized carbons (Fsp3) is 0.125. The molecule has 1 heterocycles. The maximum Gasteiger partial charge on any atom is 0.269 e. The maximum atomic E-state index is 10.6. The molecule has 5 heteroatoms. The Kier molecular flexibility index (Phi) is 3.31. The van der Waals surface area contributed by atoms with Gasteiger partial charge in [-0.15, -0.1) is 0 Å². The van der Waals surface area contributed by atoms with E-state index in [4.69, 9.17) is 9.47 Å². The summed E-state index contributed by atoms with van der Waals surface area (Å²) in [5.41, 5.74) is 2.89. The van der Waals surface area contributed by atoms with E-state index < -0.39 is 11.2 Å². The van der Waals surface area contributed by atoms with Gasteiger partial charge in [0.15, 0.2) is 5.76 Å². The number of aryl methyl sites for hydroxylation is 1. The maximum absolute atomic E-state index is 10.6. The van der Waals surface area contributed by atoms with Gasteiger partial charge in [-0.2, -0.15) is 0 Å². The summed E-state index contributed by atoms with van der Waals surface area (Å²) in [6.07, 6.45) is 0.999. The number of benzene rings is 2. The molecule has 0 bridgehead atoms. The second-order valence-electron chi connectivity index (χ2n) is 4.78. The van der Waals surface area contributed by atoms with Gasteiger partial charge in [-0.25, -0.2) is 0 Å². The van der Waals surface area contributed by atoms with Gasteiger partial charge < -0.3 is 9.47 Å². The summed E-state index contributed by atoms with van der Waals surface area (Å²) in [6.45, 7) is 2.02. The molecule has 3 rings (SSSR count). The average molecular weight is 283 g/mol. The summed E-state index contributed by atoms with van der Waals surface area (Å²) >= 11 is 0. The van der Waals surface area contributed by atoms with Crippen molar-refractivity contribution < 1.29 is 14.4 Å². The Balaban J connectivity index is 1.73. The van der Waals surface area contributed by atoms with Crippen molar-refractivity contribution in [3.63, 3.8) is 0 Å². The van der Waals surface area contributed by atoms with Crippen LogP contribution in [-0.4, -0.2) is 4.92 Å². The van der Waals surface area contributed by atoms with Crippen LogP contribution in [-0.2, 0) is 9.47 Å². The van der Waals surface area contributed by atoms with Crippen molar-refractivity contribution >= 4 is 11.4 Å². The summed E-state index contributed by atoms with van der Waals surface area (Å²) in [6, 6.07) is 14.1. The van der Waals surface area contributed by atoms with E-state index in [1.807, 2.05) is 31.2 Å². The van der Waals surface area contributed by atoms with E-state index in [1.54, 1.807) is 18.4 Å². The van der Waals surface area contributed by atoms with E-state index >= 15 is 0 Å². The van der Waals surface area contributed by atoms with Crippen molar-refractivity contribution in [2.45, 2.75) is 13.2 Å². The van der Waals surface area contributed by atoms with E-state index in [0.29, 0.717) is 5.76 Å². The predicted octanol–water partition coefficient (Wildman–Crippen LogP) is 3.95. The summed E-state index contributed by atoms with van der Waals surface area (Å²) < 4.78 is 11.2. The molecule has 1 aliphatic heterocycles. The number of nitro benzene ring substituents is 1. The van der Waals surface area contributed by atoms with Crippen LogP contribution in [0.5, 0.6) is 0 Å². The Morgan fingerprint density at radius 1 is 1.05 bits per heavy atom. The number of ether oxygens (including phenoxy) is 2. The molecule has 1 atom stereocenters. The normalized spacial score (nSPS) is 16.8. The highest BCUT2D eigenvalue weighted by Gasteiger charge is 2.23. The minimum atomic E-state index is -0.567. The summed E-state index contributed by atoms with van der Waals surface area (Å²) in [5.74, 6) is 0.651. The van der Waals surface area contributed by atoms with E-state index in [0.717, 1.165) is 11.1 Å². The first-order valence-corrected chi connectivity index (χ1v) is 6.47. The van der Waals surface area contributed by atoms with Crippen LogP contribution < -0.4 is 0 Å². The van der Waals surface area contributed by atoms with Crippen molar-refractivity contribution in [3.8, 4) is 0 Å². The van der Waals surface area contributed by atoms with E-state index in [-0.39, 0.29) is 5.69 Å². The summed E-state index contributed by atoms with van der Waals surface area (Å²) in [5, 5.41) is 10.6. The minimum absolute atomic E-state index is 0.0449. The van der Waals surface area contributed by atoms with E-state index in [9.17, 15) is 10.1 Å². The lowest BCUT2D eigenvalue weighted by Crippen LogP contribution is -1.99. The molecule has 0 radical (unpaired) electrons. The van der Waals surface area contributed by atoms with Gasteiger partial charge in [0, 0.05) is 23.3 Å². The zero-order chi connectivity index (χ0) is 14.8. The monoisotopic (exact) mass is 283 g/mol. The van der Waals surface area contributed by atoms with Crippen molar-refractivity contribution in [2.75, 3.05) is 0 Å². The van der Waals surface area contributed by atoms with Crippen molar-refractivity contribution in [1.82, 2.24) is 0 Å². The molecule has 2 aromatic rings. The van der Waals surface area contributed by atoms with Gasteiger partial charge >= 0.3 is 0 Å². The molecule has 0 N–H and O–H groups in total. The Bertz CT molecular complexity index is 689. The molecule has 2 aromatic carbocycles. The Labute approximate surface area is 121 Å². The zero-order valence-electron chi connectivity index (χ0n) is 11.4. The molecular formula is C16H13NO4. The minimum Gasteiger partial charge on any atom is -0.454 e. The molecule has 0 saturated heterocycles. The van der Waals surface area contributed by atoms with Gasteiger partial charge in [0.05, 0.1) is 4.92 Å². The Hall–Kier alpha value is -2.82. The molecule has 0 aliphatic carbocycles. The van der Waals surface area contributed by atoms with Crippen molar-refractivity contribution in [3.05, 3.63) is 81.6 Å². The second-order valence-corrected chi connectivity index (χ2v) is 4.78. The van der Waals surface area contributed by atoms with Gasteiger partial charge in [0.1, 0.15) is 6.26 Å². The summed E-state index contributed by atoms with van der Waals surface area (Å²) in [4.78, 5) is 10.2. The molecule has 0 fully saturated rings. The lowest BCUT2D eigenvalue weighted by Gasteiger charge is -2.12. The van der Waals surface area contributed by atoms with Crippen molar-refractivity contribution in [2.24, 2.45) is 0 Å². The third kappa shape index (κ3) is 2.72. The van der Waals surface area contributed by atoms with E-state index in [1.165, 1.54) is 17.7 Å². The van der Waals surface area contributed by atoms with Gasteiger partial charge in [0.2, 0.25) is 0 Å². The zero-order valence-corrected chi connectivity index (χ0v) is 11.4. The van der Waals surface area contributed by atoms with Crippen LogP contribution in [0.25, 0.3) is 5.76 Å². The molecule has 1 unspecified atom stereocenters. The Morgan fingerprint density at radius 2 is 1.71 bits per heavy atom. The molecule has 21 heavy (non-hydrogen) atoms. The molecule has 0 saturated carbocycles. The summed E-state index contributed by atoms with van der Waals surface area (Å²) in [7, 11) is 0. The predicted molar refractivity (Wildman–Crippen MR) is 77.2 cm³/mol. The first-order valence-electron chi connectivity index (χ1n) is 6.47. The first-order chi connectivity index (χ1) is 10.1. The number of nitrogens with zero attached hydrogens (tertiary/aromatic N) is 1. The second kappa shape index (κ2) is 5.28. The molecule has 5 nitrogen and oxygen atoms in total. The van der Waals surface area contributed by atoms with Crippen LogP contribution in [0.4, 0.5) is 5.69 Å². The van der Waals surface area contributed by atoms with Crippen LogP contribution in [0, 0.1) is 17.0 Å². The first kappa shape index (κ1) is 13.2. The number of hydrogen-bond donors (Lipinski definition) is 0. The fourth-order valence-electron chi connectivity index (χ4n) is 2.05. The van der Waals surface area contributed by atoms with Crippen molar-refractivity contribution in [1.29, 1.82) is 0 Å². The molecule has 1 aliphatic rings. The van der Waals surface area contributed by atoms with Crippen LogP contribution >= 0.6 is 0 Å². The molecule has 0 aromatic heterocycles. The number of non-ortho nitro benzene ring substituents is 1. The number of nitro groups is 1. The van der Waals surface area contributed by atoms with Gasteiger partial charge in [0.25, 0.3) is 12.0 Å². The third-order valence-corrected chi connectivity index (χ3v) is 3.24. The van der Waals surface area contributed by atoms with Crippen LogP contribution in [0.2, 0.25) is 0 Å². The molecular weight excluding hydrogens is 270 g/mol. The lowest BCUT2D eigenvalue weighted by molar-refractivity contribution is -0.384. The van der Waals surface area contributed by atoms with Gasteiger partial charge in [-0.05, 0) is 19.1 Å². The standard InChI is InChI=1S/C16H13NO4/c1-11-2-4-12(5-3-11)15-10-20-16(21-15)13-6-8-14(9-7-13)17(18)19/h2-10,16H,1H3. The molecule has 0 spiro atoms. The molecule has 106 valence electrons. The van der Waals surface area contributed by atoms with Crippen LogP contribution in [0.15, 0.2) is 54.8 Å². The van der Waals surface area contributed by atoms with Crippen LogP contribution in [0.3, 0.4) is 0 Å². The van der Waals surface area contributed by atoms with Gasteiger partial charge in [-0.1, -0.05) is 29.8 Å². The highest BCUT2D eigenvalue weighted by Crippen LogP contribution is 2.34. The fourth-order valence-corrected chi connectivity index (χ4v) is 2.05. The van der Waals surface area contributed by atoms with Gasteiger partial charge in [-0.3, -0.25) is 10.1 Å². The average Bonchev–Trinajstić information content (AvgIpc) is 2.98. The SMILES string of the molecule is Cc1ccc(C2=COC(c3ccc([N+](=O)[O-])cc3)O2)cc1. The van der Waals surface area contributed by atoms with E-state index in [2.05, 4.69) is 0 Å². The third-order valence-electron chi connectivity index (χ3n) is 3.24. The highest BCUT2D eigenvalue weighted by atomic mass is 16.7. The smallest absolute Gasteiger partial charge is 0.269 e. The number of rotatable bonds is 3. The Morgan fingerprint density at radius 3 is 2.33 bits per heavy atom.